The quantitative estimate of drug-likeness (QED) is 0.269. The van der Waals surface area contributed by atoms with Crippen LogP contribution in [0.25, 0.3) is 0 Å². The van der Waals surface area contributed by atoms with Crippen LogP contribution in [0.15, 0.2) is 5.16 Å². The van der Waals surface area contributed by atoms with Crippen LogP contribution in [-0.4, -0.2) is 60.1 Å². The van der Waals surface area contributed by atoms with E-state index in [0.29, 0.717) is 18.2 Å². The molecule has 0 aliphatic rings. The van der Waals surface area contributed by atoms with E-state index >= 15 is 0 Å². The van der Waals surface area contributed by atoms with Crippen LogP contribution in [0.5, 0.6) is 0 Å². The molecular weight excluding hydrogens is 228 g/mol. The topological polar surface area (TPSA) is 65.1 Å². The maximum absolute atomic E-state index is 8.56. The molecule has 0 rings (SSSR count). The van der Waals surface area contributed by atoms with Gasteiger partial charge in [-0.15, -0.1) is 0 Å². The van der Waals surface area contributed by atoms with Gasteiger partial charge in [-0.2, -0.15) is 0 Å². The van der Waals surface area contributed by atoms with Crippen molar-refractivity contribution in [3.63, 3.8) is 0 Å². The van der Waals surface area contributed by atoms with Crippen LogP contribution < -0.4 is 5.73 Å². The highest BCUT2D eigenvalue weighted by Crippen LogP contribution is 2.01. The van der Waals surface area contributed by atoms with E-state index in [1.807, 2.05) is 0 Å². The Hall–Kier alpha value is -0.810. The fourth-order valence-corrected chi connectivity index (χ4v) is 1.96. The minimum absolute atomic E-state index is 0.312. The molecule has 0 saturated heterocycles. The molecule has 0 aromatic heterocycles. The summed E-state index contributed by atoms with van der Waals surface area (Å²) in [5.74, 6) is 0.945. The number of rotatable bonds is 10. The van der Waals surface area contributed by atoms with E-state index in [0.717, 1.165) is 39.3 Å². The van der Waals surface area contributed by atoms with Crippen molar-refractivity contribution in [2.45, 2.75) is 34.1 Å². The van der Waals surface area contributed by atoms with Gasteiger partial charge >= 0.3 is 0 Å². The van der Waals surface area contributed by atoms with Gasteiger partial charge in [-0.1, -0.05) is 32.9 Å². The first-order chi connectivity index (χ1) is 8.53. The molecule has 18 heavy (non-hydrogen) atoms. The first-order valence-corrected chi connectivity index (χ1v) is 6.94. The Morgan fingerprint density at radius 2 is 1.67 bits per heavy atom. The first kappa shape index (κ1) is 17.2. The van der Waals surface area contributed by atoms with Crippen molar-refractivity contribution in [3.8, 4) is 0 Å². The van der Waals surface area contributed by atoms with Crippen LogP contribution in [0.2, 0.25) is 0 Å². The zero-order valence-corrected chi connectivity index (χ0v) is 12.4. The van der Waals surface area contributed by atoms with E-state index in [2.05, 4.69) is 42.7 Å². The Morgan fingerprint density at radius 1 is 1.11 bits per heavy atom. The second kappa shape index (κ2) is 10.1. The third kappa shape index (κ3) is 8.31. The fraction of sp³-hybridized carbons (Fsp3) is 0.923. The van der Waals surface area contributed by atoms with Crippen LogP contribution in [-0.2, 0) is 0 Å². The summed E-state index contributed by atoms with van der Waals surface area (Å²) >= 11 is 0. The van der Waals surface area contributed by atoms with E-state index in [9.17, 15) is 0 Å². The molecule has 0 saturated carbocycles. The summed E-state index contributed by atoms with van der Waals surface area (Å²) in [7, 11) is 0. The van der Waals surface area contributed by atoms with Gasteiger partial charge in [0, 0.05) is 32.6 Å². The van der Waals surface area contributed by atoms with Gasteiger partial charge in [0.1, 0.15) is 5.84 Å². The molecule has 0 spiro atoms. The highest BCUT2D eigenvalue weighted by molar-refractivity contribution is 5.79. The van der Waals surface area contributed by atoms with Gasteiger partial charge in [-0.25, -0.2) is 0 Å². The molecule has 0 amide bonds. The van der Waals surface area contributed by atoms with E-state index in [4.69, 9.17) is 10.9 Å². The molecule has 0 fully saturated rings. The fourth-order valence-electron chi connectivity index (χ4n) is 1.96. The highest BCUT2D eigenvalue weighted by Gasteiger charge is 2.09. The summed E-state index contributed by atoms with van der Waals surface area (Å²) in [6.45, 7) is 15.0. The monoisotopic (exact) mass is 258 g/mol. The number of amidine groups is 1. The molecular formula is C13H30N4O. The van der Waals surface area contributed by atoms with Crippen molar-refractivity contribution < 1.29 is 5.21 Å². The van der Waals surface area contributed by atoms with Gasteiger partial charge < -0.3 is 20.7 Å². The van der Waals surface area contributed by atoms with E-state index in [-0.39, 0.29) is 0 Å². The Labute approximate surface area is 112 Å². The van der Waals surface area contributed by atoms with Gasteiger partial charge in [-0.05, 0) is 19.0 Å². The number of hydrogen-bond donors (Lipinski definition) is 2. The minimum atomic E-state index is 0.312. The molecule has 3 N–H and O–H groups in total. The summed E-state index contributed by atoms with van der Waals surface area (Å²) in [5, 5.41) is 11.6. The third-order valence-electron chi connectivity index (χ3n) is 3.06. The van der Waals surface area contributed by atoms with Crippen LogP contribution in [0, 0.1) is 5.92 Å². The van der Waals surface area contributed by atoms with Crippen molar-refractivity contribution in [3.05, 3.63) is 0 Å². The lowest BCUT2D eigenvalue weighted by Crippen LogP contribution is -2.38. The molecule has 108 valence electrons. The predicted octanol–water partition coefficient (Wildman–Crippen LogP) is 1.42. The lowest BCUT2D eigenvalue weighted by atomic mass is 10.2. The van der Waals surface area contributed by atoms with Crippen LogP contribution >= 0.6 is 0 Å². The lowest BCUT2D eigenvalue weighted by Gasteiger charge is -2.27. The van der Waals surface area contributed by atoms with Gasteiger partial charge in [0.15, 0.2) is 0 Å². The number of likely N-dealkylation sites (N-methyl/N-ethyl adjacent to an activating group) is 1. The molecule has 0 aromatic rings. The third-order valence-corrected chi connectivity index (χ3v) is 3.06. The maximum Gasteiger partial charge on any atom is 0.140 e. The molecule has 0 unspecified atom stereocenters. The van der Waals surface area contributed by atoms with Gasteiger partial charge in [0.2, 0.25) is 0 Å². The SMILES string of the molecule is CCN(CC)CCN(CCC(N)=NO)CC(C)C. The van der Waals surface area contributed by atoms with Crippen molar-refractivity contribution in [2.24, 2.45) is 16.8 Å². The largest absolute Gasteiger partial charge is 0.409 e. The average molecular weight is 258 g/mol. The van der Waals surface area contributed by atoms with Crippen molar-refractivity contribution in [1.29, 1.82) is 0 Å². The summed E-state index contributed by atoms with van der Waals surface area (Å²) in [6, 6.07) is 0. The van der Waals surface area contributed by atoms with Crippen LogP contribution in [0.3, 0.4) is 0 Å². The molecule has 0 aliphatic heterocycles. The normalized spacial score (nSPS) is 12.9. The van der Waals surface area contributed by atoms with Gasteiger partial charge in [0.05, 0.1) is 0 Å². The Bertz CT molecular complexity index is 227. The zero-order valence-electron chi connectivity index (χ0n) is 12.4. The van der Waals surface area contributed by atoms with Crippen molar-refractivity contribution in [1.82, 2.24) is 9.80 Å². The number of oxime groups is 1. The molecule has 0 aromatic carbocycles. The van der Waals surface area contributed by atoms with E-state index in [1.165, 1.54) is 0 Å². The lowest BCUT2D eigenvalue weighted by molar-refractivity contribution is 0.201. The standard InChI is InChI=1S/C13H30N4O/c1-5-16(6-2)9-10-17(11-12(3)4)8-7-13(14)15-18/h12,18H,5-11H2,1-4H3,(H2,14,15). The average Bonchev–Trinajstić information content (AvgIpc) is 2.35. The van der Waals surface area contributed by atoms with Gasteiger partial charge in [-0.3, -0.25) is 0 Å². The second-order valence-electron chi connectivity index (χ2n) is 5.06. The summed E-state index contributed by atoms with van der Waals surface area (Å²) in [5.41, 5.74) is 5.52. The summed E-state index contributed by atoms with van der Waals surface area (Å²) in [4.78, 5) is 4.80. The van der Waals surface area contributed by atoms with E-state index < -0.39 is 0 Å². The molecule has 0 atom stereocenters. The molecule has 5 nitrogen and oxygen atoms in total. The Balaban J connectivity index is 4.13. The van der Waals surface area contributed by atoms with Crippen molar-refractivity contribution in [2.75, 3.05) is 39.3 Å². The number of nitrogens with zero attached hydrogens (tertiary/aromatic N) is 3. The van der Waals surface area contributed by atoms with Crippen LogP contribution in [0.1, 0.15) is 34.1 Å². The Kier molecular flexibility index (Phi) is 9.69. The minimum Gasteiger partial charge on any atom is -0.409 e. The highest BCUT2D eigenvalue weighted by atomic mass is 16.4. The van der Waals surface area contributed by atoms with Gasteiger partial charge in [0.25, 0.3) is 0 Å². The molecule has 0 aliphatic carbocycles. The predicted molar refractivity (Wildman–Crippen MR) is 77.1 cm³/mol. The first-order valence-electron chi connectivity index (χ1n) is 6.94. The van der Waals surface area contributed by atoms with Crippen molar-refractivity contribution >= 4 is 5.84 Å². The summed E-state index contributed by atoms with van der Waals surface area (Å²) < 4.78 is 0. The molecule has 5 heteroatoms. The maximum atomic E-state index is 8.56. The van der Waals surface area contributed by atoms with E-state index in [1.54, 1.807) is 0 Å². The molecule has 0 bridgehead atoms. The number of hydrogen-bond acceptors (Lipinski definition) is 4. The Morgan fingerprint density at radius 3 is 2.11 bits per heavy atom. The smallest absolute Gasteiger partial charge is 0.140 e. The second-order valence-corrected chi connectivity index (χ2v) is 5.06. The van der Waals surface area contributed by atoms with Crippen LogP contribution in [0.4, 0.5) is 0 Å². The molecule has 0 heterocycles. The summed E-state index contributed by atoms with van der Waals surface area (Å²) in [6.07, 6.45) is 0.626. The number of nitrogens with two attached hydrogens (primary N) is 1. The zero-order chi connectivity index (χ0) is 14.0. The molecule has 0 radical (unpaired) electrons.